The van der Waals surface area contributed by atoms with Crippen molar-refractivity contribution in [3.63, 3.8) is 0 Å². The highest BCUT2D eigenvalue weighted by Gasteiger charge is 2.14. The van der Waals surface area contributed by atoms with Crippen LogP contribution in [0.3, 0.4) is 0 Å². The Hall–Kier alpha value is -2.79. The van der Waals surface area contributed by atoms with Gasteiger partial charge in [-0.05, 0) is 41.0 Å². The second kappa shape index (κ2) is 9.42. The molecule has 0 heterocycles. The molecule has 0 saturated carbocycles. The molecular formula is C23H24N2O2S. The van der Waals surface area contributed by atoms with Gasteiger partial charge in [0.15, 0.2) is 0 Å². The Morgan fingerprint density at radius 1 is 0.964 bits per heavy atom. The minimum absolute atomic E-state index is 0.0369. The molecule has 0 unspecified atom stereocenters. The van der Waals surface area contributed by atoms with Crippen LogP contribution in [0.4, 0.5) is 5.69 Å². The summed E-state index contributed by atoms with van der Waals surface area (Å²) in [5.74, 6) is 0.0396. The van der Waals surface area contributed by atoms with Gasteiger partial charge in [-0.2, -0.15) is 0 Å². The van der Waals surface area contributed by atoms with Crippen LogP contribution in [-0.2, 0) is 16.0 Å². The molecule has 0 atom stereocenters. The quantitative estimate of drug-likeness (QED) is 0.598. The number of thioether (sulfide) groups is 1. The smallest absolute Gasteiger partial charge is 0.243 e. The van der Waals surface area contributed by atoms with Crippen LogP contribution in [0.1, 0.15) is 12.5 Å². The van der Waals surface area contributed by atoms with Gasteiger partial charge in [-0.3, -0.25) is 9.59 Å². The molecule has 28 heavy (non-hydrogen) atoms. The van der Waals surface area contributed by atoms with Crippen molar-refractivity contribution in [2.24, 2.45) is 0 Å². The molecule has 4 nitrogen and oxygen atoms in total. The van der Waals surface area contributed by atoms with Crippen LogP contribution in [0.2, 0.25) is 0 Å². The first-order chi connectivity index (χ1) is 13.6. The fourth-order valence-electron chi connectivity index (χ4n) is 2.96. The first-order valence-electron chi connectivity index (χ1n) is 9.30. The van der Waals surface area contributed by atoms with Gasteiger partial charge < -0.3 is 10.2 Å². The van der Waals surface area contributed by atoms with E-state index < -0.39 is 0 Å². The summed E-state index contributed by atoms with van der Waals surface area (Å²) in [4.78, 5) is 27.2. The van der Waals surface area contributed by atoms with Crippen LogP contribution < -0.4 is 5.32 Å². The molecule has 0 spiro atoms. The highest BCUT2D eigenvalue weighted by atomic mass is 32.2. The largest absolute Gasteiger partial charge is 0.336 e. The molecule has 5 heteroatoms. The lowest BCUT2D eigenvalue weighted by Gasteiger charge is -2.17. The van der Waals surface area contributed by atoms with E-state index in [1.807, 2.05) is 49.4 Å². The number of nitrogens with zero attached hydrogens (tertiary/aromatic N) is 1. The summed E-state index contributed by atoms with van der Waals surface area (Å²) in [6, 6.07) is 22.0. The Kier molecular flexibility index (Phi) is 6.71. The molecule has 1 N–H and O–H groups in total. The van der Waals surface area contributed by atoms with Gasteiger partial charge in [0.2, 0.25) is 11.8 Å². The third-order valence-electron chi connectivity index (χ3n) is 4.56. The fraction of sp³-hybridized carbons (Fsp3) is 0.217. The lowest BCUT2D eigenvalue weighted by molar-refractivity contribution is -0.131. The van der Waals surface area contributed by atoms with E-state index in [1.165, 1.54) is 22.0 Å². The van der Waals surface area contributed by atoms with Crippen LogP contribution in [0.15, 0.2) is 71.6 Å². The SMILES string of the molecule is CCc1ccccc1NC(=O)CN(C)C(=O)CSc1ccc2ccccc2c1. The van der Waals surface area contributed by atoms with Crippen molar-refractivity contribution in [2.45, 2.75) is 18.2 Å². The average Bonchev–Trinajstić information content (AvgIpc) is 2.72. The van der Waals surface area contributed by atoms with Crippen LogP contribution in [0.25, 0.3) is 10.8 Å². The Morgan fingerprint density at radius 3 is 2.46 bits per heavy atom. The predicted octanol–water partition coefficient (Wildman–Crippen LogP) is 4.59. The summed E-state index contributed by atoms with van der Waals surface area (Å²) in [6.45, 7) is 2.08. The zero-order valence-corrected chi connectivity index (χ0v) is 17.0. The first kappa shape index (κ1) is 20.0. The van der Waals surface area contributed by atoms with E-state index in [2.05, 4.69) is 29.6 Å². The molecule has 2 amide bonds. The van der Waals surface area contributed by atoms with Crippen molar-refractivity contribution in [3.8, 4) is 0 Å². The number of hydrogen-bond donors (Lipinski definition) is 1. The molecule has 3 aromatic carbocycles. The summed E-state index contributed by atoms with van der Waals surface area (Å²) < 4.78 is 0. The van der Waals surface area contributed by atoms with E-state index in [1.54, 1.807) is 7.05 Å². The number of likely N-dealkylation sites (N-methyl/N-ethyl adjacent to an activating group) is 1. The van der Waals surface area contributed by atoms with E-state index >= 15 is 0 Å². The summed E-state index contributed by atoms with van der Waals surface area (Å²) in [5, 5.41) is 5.24. The molecule has 0 fully saturated rings. The number of carbonyl (C=O) groups excluding carboxylic acids is 2. The average molecular weight is 393 g/mol. The summed E-state index contributed by atoms with van der Waals surface area (Å²) >= 11 is 1.49. The van der Waals surface area contributed by atoms with E-state index in [4.69, 9.17) is 0 Å². The number of para-hydroxylation sites is 1. The number of nitrogens with one attached hydrogen (secondary N) is 1. The molecule has 3 aromatic rings. The monoisotopic (exact) mass is 392 g/mol. The van der Waals surface area contributed by atoms with Gasteiger partial charge in [-0.15, -0.1) is 11.8 Å². The lowest BCUT2D eigenvalue weighted by atomic mass is 10.1. The standard InChI is InChI=1S/C23H24N2O2S/c1-3-17-8-6-7-11-21(17)24-22(26)15-25(2)23(27)16-28-20-13-12-18-9-4-5-10-19(18)14-20/h4-14H,3,15-16H2,1-2H3,(H,24,26). The zero-order valence-electron chi connectivity index (χ0n) is 16.1. The molecule has 0 saturated heterocycles. The van der Waals surface area contributed by atoms with Crippen molar-refractivity contribution >= 4 is 40.0 Å². The molecular weight excluding hydrogens is 368 g/mol. The Bertz CT molecular complexity index is 987. The van der Waals surface area contributed by atoms with Gasteiger partial charge in [0, 0.05) is 17.6 Å². The van der Waals surface area contributed by atoms with Crippen LogP contribution >= 0.6 is 11.8 Å². The van der Waals surface area contributed by atoms with Crippen molar-refractivity contribution in [2.75, 3.05) is 24.7 Å². The van der Waals surface area contributed by atoms with Gasteiger partial charge in [-0.1, -0.05) is 55.5 Å². The van der Waals surface area contributed by atoms with E-state index in [-0.39, 0.29) is 18.4 Å². The van der Waals surface area contributed by atoms with Crippen LogP contribution in [0, 0.1) is 0 Å². The number of anilines is 1. The summed E-state index contributed by atoms with van der Waals surface area (Å²) in [7, 11) is 1.66. The zero-order chi connectivity index (χ0) is 19.9. The highest BCUT2D eigenvalue weighted by Crippen LogP contribution is 2.23. The molecule has 0 radical (unpaired) electrons. The minimum atomic E-state index is -0.188. The number of rotatable bonds is 7. The van der Waals surface area contributed by atoms with E-state index in [0.717, 1.165) is 28.0 Å². The topological polar surface area (TPSA) is 49.4 Å². The second-order valence-electron chi connectivity index (χ2n) is 6.61. The third-order valence-corrected chi connectivity index (χ3v) is 5.54. The Balaban J connectivity index is 1.52. The van der Waals surface area contributed by atoms with Crippen molar-refractivity contribution in [3.05, 3.63) is 72.3 Å². The summed E-state index contributed by atoms with van der Waals surface area (Å²) in [6.07, 6.45) is 0.841. The van der Waals surface area contributed by atoms with Gasteiger partial charge in [-0.25, -0.2) is 0 Å². The molecule has 0 aliphatic carbocycles. The van der Waals surface area contributed by atoms with Crippen LogP contribution in [-0.4, -0.2) is 36.1 Å². The number of carbonyl (C=O) groups is 2. The van der Waals surface area contributed by atoms with Gasteiger partial charge in [0.1, 0.15) is 0 Å². The highest BCUT2D eigenvalue weighted by molar-refractivity contribution is 8.00. The fourth-order valence-corrected chi connectivity index (χ4v) is 3.84. The molecule has 0 aliphatic rings. The molecule has 0 aromatic heterocycles. The van der Waals surface area contributed by atoms with Crippen molar-refractivity contribution in [1.82, 2.24) is 4.90 Å². The molecule has 144 valence electrons. The Labute approximate surface area is 169 Å². The Morgan fingerprint density at radius 2 is 1.68 bits per heavy atom. The number of amides is 2. The maximum Gasteiger partial charge on any atom is 0.243 e. The lowest BCUT2D eigenvalue weighted by Crippen LogP contribution is -2.36. The number of hydrogen-bond acceptors (Lipinski definition) is 3. The predicted molar refractivity (Wildman–Crippen MR) is 117 cm³/mol. The number of aryl methyl sites for hydroxylation is 1. The molecule has 0 aliphatic heterocycles. The summed E-state index contributed by atoms with van der Waals surface area (Å²) in [5.41, 5.74) is 1.89. The van der Waals surface area contributed by atoms with Crippen molar-refractivity contribution < 1.29 is 9.59 Å². The van der Waals surface area contributed by atoms with E-state index in [9.17, 15) is 9.59 Å². The maximum absolute atomic E-state index is 12.4. The minimum Gasteiger partial charge on any atom is -0.336 e. The first-order valence-corrected chi connectivity index (χ1v) is 10.3. The van der Waals surface area contributed by atoms with Gasteiger partial charge in [0.05, 0.1) is 12.3 Å². The van der Waals surface area contributed by atoms with Crippen molar-refractivity contribution in [1.29, 1.82) is 0 Å². The number of fused-ring (bicyclic) bond motifs is 1. The second-order valence-corrected chi connectivity index (χ2v) is 7.66. The normalized spacial score (nSPS) is 10.6. The molecule has 0 bridgehead atoms. The van der Waals surface area contributed by atoms with E-state index in [0.29, 0.717) is 5.75 Å². The van der Waals surface area contributed by atoms with Gasteiger partial charge >= 0.3 is 0 Å². The van der Waals surface area contributed by atoms with Gasteiger partial charge in [0.25, 0.3) is 0 Å². The maximum atomic E-state index is 12.4. The number of benzene rings is 3. The third kappa shape index (κ3) is 5.14. The molecule has 3 rings (SSSR count). The van der Waals surface area contributed by atoms with Crippen LogP contribution in [0.5, 0.6) is 0 Å².